The Morgan fingerprint density at radius 2 is 2.27 bits per heavy atom. The molecule has 0 aromatic rings. The van der Waals surface area contributed by atoms with Gasteiger partial charge >= 0.3 is 0 Å². The van der Waals surface area contributed by atoms with E-state index in [-0.39, 0.29) is 0 Å². The standard InChI is InChI=1S/C5H9F2NO3/c1-3(9)5(10)8-11-2-4(6)7/h3-4,9H,2H2,1H3,(H,8,10)/t3-/m1/s1. The summed E-state index contributed by atoms with van der Waals surface area (Å²) in [5.41, 5.74) is 1.64. The fraction of sp³-hybridized carbons (Fsp3) is 0.800. The van der Waals surface area contributed by atoms with Gasteiger partial charge in [-0.25, -0.2) is 14.3 Å². The Kier molecular flexibility index (Phi) is 4.64. The molecular weight excluding hydrogens is 160 g/mol. The molecule has 0 saturated carbocycles. The predicted octanol–water partition coefficient (Wildman–Crippen LogP) is -0.320. The van der Waals surface area contributed by atoms with E-state index in [2.05, 4.69) is 4.84 Å². The molecule has 0 spiro atoms. The van der Waals surface area contributed by atoms with Crippen LogP contribution in [0, 0.1) is 0 Å². The zero-order valence-corrected chi connectivity index (χ0v) is 5.88. The average molecular weight is 169 g/mol. The topological polar surface area (TPSA) is 58.6 Å². The third-order valence-corrected chi connectivity index (χ3v) is 0.762. The summed E-state index contributed by atoms with van der Waals surface area (Å²) >= 11 is 0. The minimum Gasteiger partial charge on any atom is -0.383 e. The Balaban J connectivity index is 3.32. The van der Waals surface area contributed by atoms with Crippen LogP contribution in [-0.2, 0) is 9.63 Å². The summed E-state index contributed by atoms with van der Waals surface area (Å²) in [5.74, 6) is -0.842. The van der Waals surface area contributed by atoms with E-state index in [4.69, 9.17) is 5.11 Å². The minimum absolute atomic E-state index is 0.842. The van der Waals surface area contributed by atoms with E-state index in [1.807, 2.05) is 0 Å². The van der Waals surface area contributed by atoms with E-state index >= 15 is 0 Å². The van der Waals surface area contributed by atoms with Crippen molar-refractivity contribution in [2.24, 2.45) is 0 Å². The van der Waals surface area contributed by atoms with Gasteiger partial charge in [-0.05, 0) is 6.92 Å². The van der Waals surface area contributed by atoms with E-state index in [1.165, 1.54) is 6.92 Å². The summed E-state index contributed by atoms with van der Waals surface area (Å²) in [5, 5.41) is 8.51. The van der Waals surface area contributed by atoms with Gasteiger partial charge in [-0.3, -0.25) is 9.63 Å². The molecule has 0 radical (unpaired) electrons. The van der Waals surface area contributed by atoms with E-state index in [0.29, 0.717) is 0 Å². The summed E-state index contributed by atoms with van der Waals surface area (Å²) in [4.78, 5) is 14.4. The van der Waals surface area contributed by atoms with Crippen molar-refractivity contribution >= 4 is 5.91 Å². The lowest BCUT2D eigenvalue weighted by molar-refractivity contribution is -0.144. The monoisotopic (exact) mass is 169 g/mol. The maximum Gasteiger partial charge on any atom is 0.272 e. The Bertz CT molecular complexity index is 129. The molecule has 0 fully saturated rings. The fourth-order valence-corrected chi connectivity index (χ4v) is 0.261. The molecule has 0 saturated heterocycles. The molecule has 2 N–H and O–H groups in total. The summed E-state index contributed by atoms with van der Waals surface area (Å²) in [7, 11) is 0. The molecule has 66 valence electrons. The highest BCUT2D eigenvalue weighted by molar-refractivity contribution is 5.78. The number of carbonyl (C=O) groups is 1. The lowest BCUT2D eigenvalue weighted by Gasteiger charge is -2.05. The van der Waals surface area contributed by atoms with Crippen LogP contribution >= 0.6 is 0 Å². The number of rotatable bonds is 4. The van der Waals surface area contributed by atoms with Gasteiger partial charge < -0.3 is 5.11 Å². The maximum absolute atomic E-state index is 11.3. The number of halogens is 2. The summed E-state index contributed by atoms with van der Waals surface area (Å²) in [6.07, 6.45) is -3.89. The molecule has 11 heavy (non-hydrogen) atoms. The highest BCUT2D eigenvalue weighted by Crippen LogP contribution is 1.90. The molecule has 0 unspecified atom stereocenters. The lowest BCUT2D eigenvalue weighted by Crippen LogP contribution is -2.33. The van der Waals surface area contributed by atoms with Gasteiger partial charge in [0.25, 0.3) is 12.3 Å². The molecular formula is C5H9F2NO3. The number of aliphatic hydroxyl groups excluding tert-OH is 1. The zero-order chi connectivity index (χ0) is 8.85. The fourth-order valence-electron chi connectivity index (χ4n) is 0.261. The number of hydrogen-bond donors (Lipinski definition) is 2. The SMILES string of the molecule is C[C@@H](O)C(=O)NOCC(F)F. The van der Waals surface area contributed by atoms with Gasteiger partial charge in [-0.2, -0.15) is 0 Å². The lowest BCUT2D eigenvalue weighted by atomic mass is 10.4. The highest BCUT2D eigenvalue weighted by atomic mass is 19.3. The number of aliphatic hydroxyl groups is 1. The number of amides is 1. The molecule has 1 amide bonds. The Hall–Kier alpha value is -0.750. The first-order chi connectivity index (χ1) is 5.04. The largest absolute Gasteiger partial charge is 0.383 e. The molecule has 0 bridgehead atoms. The number of alkyl halides is 2. The molecule has 0 rings (SSSR count). The van der Waals surface area contributed by atoms with E-state index in [0.717, 1.165) is 0 Å². The van der Waals surface area contributed by atoms with E-state index in [1.54, 1.807) is 5.48 Å². The van der Waals surface area contributed by atoms with E-state index < -0.39 is 25.0 Å². The Morgan fingerprint density at radius 1 is 1.73 bits per heavy atom. The molecule has 0 aliphatic heterocycles. The number of hydrogen-bond acceptors (Lipinski definition) is 3. The first-order valence-corrected chi connectivity index (χ1v) is 2.92. The summed E-state index contributed by atoms with van der Waals surface area (Å²) < 4.78 is 22.7. The van der Waals surface area contributed by atoms with Crippen molar-refractivity contribution < 1.29 is 23.5 Å². The van der Waals surface area contributed by atoms with Gasteiger partial charge in [0, 0.05) is 0 Å². The van der Waals surface area contributed by atoms with Crippen molar-refractivity contribution in [2.75, 3.05) is 6.61 Å². The van der Waals surface area contributed by atoms with Gasteiger partial charge in [-0.15, -0.1) is 0 Å². The van der Waals surface area contributed by atoms with Gasteiger partial charge in [-0.1, -0.05) is 0 Å². The van der Waals surface area contributed by atoms with Crippen molar-refractivity contribution in [1.29, 1.82) is 0 Å². The quantitative estimate of drug-likeness (QED) is 0.567. The predicted molar refractivity (Wildman–Crippen MR) is 31.8 cm³/mol. The molecule has 0 heterocycles. The Morgan fingerprint density at radius 3 is 2.64 bits per heavy atom. The zero-order valence-electron chi connectivity index (χ0n) is 5.88. The van der Waals surface area contributed by atoms with Crippen molar-refractivity contribution in [3.05, 3.63) is 0 Å². The summed E-state index contributed by atoms with van der Waals surface area (Å²) in [6.45, 7) is 0.319. The summed E-state index contributed by atoms with van der Waals surface area (Å²) in [6, 6.07) is 0. The second-order valence-electron chi connectivity index (χ2n) is 1.84. The normalized spacial score (nSPS) is 13.2. The molecule has 1 atom stereocenters. The second-order valence-corrected chi connectivity index (χ2v) is 1.84. The first-order valence-electron chi connectivity index (χ1n) is 2.92. The molecule has 0 aromatic heterocycles. The van der Waals surface area contributed by atoms with Crippen LogP contribution in [0.1, 0.15) is 6.92 Å². The van der Waals surface area contributed by atoms with Gasteiger partial charge in [0.15, 0.2) is 0 Å². The van der Waals surface area contributed by atoms with Crippen LogP contribution in [0.15, 0.2) is 0 Å². The van der Waals surface area contributed by atoms with Gasteiger partial charge in [0.05, 0.1) is 0 Å². The van der Waals surface area contributed by atoms with Gasteiger partial charge in [0.1, 0.15) is 12.7 Å². The number of hydroxylamine groups is 1. The van der Waals surface area contributed by atoms with E-state index in [9.17, 15) is 13.6 Å². The van der Waals surface area contributed by atoms with Gasteiger partial charge in [0.2, 0.25) is 0 Å². The molecule has 0 aliphatic carbocycles. The van der Waals surface area contributed by atoms with Crippen molar-refractivity contribution in [2.45, 2.75) is 19.5 Å². The molecule has 0 aliphatic rings. The van der Waals surface area contributed by atoms with Crippen LogP contribution < -0.4 is 5.48 Å². The van der Waals surface area contributed by atoms with Crippen molar-refractivity contribution in [3.8, 4) is 0 Å². The van der Waals surface area contributed by atoms with Crippen LogP contribution in [0.3, 0.4) is 0 Å². The van der Waals surface area contributed by atoms with Crippen molar-refractivity contribution in [1.82, 2.24) is 5.48 Å². The first kappa shape index (κ1) is 10.2. The molecule has 6 heteroatoms. The van der Waals surface area contributed by atoms with Crippen LogP contribution in [-0.4, -0.2) is 30.2 Å². The smallest absolute Gasteiger partial charge is 0.272 e. The van der Waals surface area contributed by atoms with Crippen LogP contribution in [0.5, 0.6) is 0 Å². The number of nitrogens with one attached hydrogen (secondary N) is 1. The minimum atomic E-state index is -2.63. The molecule has 0 aromatic carbocycles. The Labute approximate surface area is 62.1 Å². The van der Waals surface area contributed by atoms with Crippen LogP contribution in [0.4, 0.5) is 8.78 Å². The van der Waals surface area contributed by atoms with Crippen LogP contribution in [0.25, 0.3) is 0 Å². The second kappa shape index (κ2) is 4.97. The third kappa shape index (κ3) is 5.68. The highest BCUT2D eigenvalue weighted by Gasteiger charge is 2.09. The van der Waals surface area contributed by atoms with Crippen LogP contribution in [0.2, 0.25) is 0 Å². The molecule has 4 nitrogen and oxygen atoms in total. The number of carbonyl (C=O) groups excluding carboxylic acids is 1. The maximum atomic E-state index is 11.3. The van der Waals surface area contributed by atoms with Crippen molar-refractivity contribution in [3.63, 3.8) is 0 Å². The third-order valence-electron chi connectivity index (χ3n) is 0.762. The average Bonchev–Trinajstić information content (AvgIpc) is 1.86.